The molecule has 0 radical (unpaired) electrons. The van der Waals surface area contributed by atoms with Crippen LogP contribution in [0.5, 0.6) is 0 Å². The minimum absolute atomic E-state index is 0.0348. The minimum Gasteiger partial charge on any atom is -0.355 e. The van der Waals surface area contributed by atoms with E-state index >= 15 is 0 Å². The van der Waals surface area contributed by atoms with Crippen LogP contribution in [0.3, 0.4) is 0 Å². The van der Waals surface area contributed by atoms with Gasteiger partial charge in [-0.2, -0.15) is 0 Å². The van der Waals surface area contributed by atoms with E-state index in [0.29, 0.717) is 18.7 Å². The molecular weight excluding hydrogens is 254 g/mol. The van der Waals surface area contributed by atoms with Crippen LogP contribution >= 0.6 is 0 Å². The van der Waals surface area contributed by atoms with Gasteiger partial charge in [-0.25, -0.2) is 0 Å². The van der Waals surface area contributed by atoms with E-state index in [1.165, 1.54) is 0 Å². The molecule has 4 N–H and O–H groups in total. The largest absolute Gasteiger partial charge is 0.355 e. The smallest absolute Gasteiger partial charge is 0.239 e. The van der Waals surface area contributed by atoms with Gasteiger partial charge >= 0.3 is 0 Å². The van der Waals surface area contributed by atoms with E-state index in [-0.39, 0.29) is 24.3 Å². The predicted octanol–water partition coefficient (Wildman–Crippen LogP) is -1.03. The van der Waals surface area contributed by atoms with E-state index in [9.17, 15) is 13.8 Å². The maximum atomic E-state index is 11.5. The SMILES string of the molecule is CC(C)[C@H](N)C(=O)NCC(=O)NCCCS(C)=O. The summed E-state index contributed by atoms with van der Waals surface area (Å²) in [5.41, 5.74) is 5.62. The highest BCUT2D eigenvalue weighted by Crippen LogP contribution is 1.97. The second-order valence-corrected chi connectivity index (χ2v) is 6.02. The molecule has 2 atom stereocenters. The Labute approximate surface area is 111 Å². The number of hydrogen-bond donors (Lipinski definition) is 3. The zero-order valence-electron chi connectivity index (χ0n) is 11.2. The highest BCUT2D eigenvalue weighted by Gasteiger charge is 2.17. The third-order valence-corrected chi connectivity index (χ3v) is 3.24. The Morgan fingerprint density at radius 1 is 1.28 bits per heavy atom. The zero-order chi connectivity index (χ0) is 14.1. The maximum Gasteiger partial charge on any atom is 0.239 e. The Balaban J connectivity index is 3.70. The van der Waals surface area contributed by atoms with E-state index in [1.807, 2.05) is 13.8 Å². The Bertz CT molecular complexity index is 308. The van der Waals surface area contributed by atoms with Crippen molar-refractivity contribution in [2.24, 2.45) is 11.7 Å². The molecule has 0 heterocycles. The second-order valence-electron chi connectivity index (χ2n) is 4.47. The Morgan fingerprint density at radius 3 is 2.39 bits per heavy atom. The first-order valence-electron chi connectivity index (χ1n) is 5.94. The van der Waals surface area contributed by atoms with Crippen LogP contribution in [0.4, 0.5) is 0 Å². The van der Waals surface area contributed by atoms with Crippen molar-refractivity contribution in [1.82, 2.24) is 10.6 Å². The summed E-state index contributed by atoms with van der Waals surface area (Å²) in [6.45, 7) is 4.07. The van der Waals surface area contributed by atoms with Crippen LogP contribution in [0, 0.1) is 5.92 Å². The second kappa shape index (κ2) is 9.04. The molecule has 0 aliphatic carbocycles. The number of nitrogens with one attached hydrogen (secondary N) is 2. The van der Waals surface area contributed by atoms with Crippen molar-refractivity contribution in [2.45, 2.75) is 26.3 Å². The summed E-state index contributed by atoms with van der Waals surface area (Å²) >= 11 is 0. The molecule has 0 aromatic rings. The summed E-state index contributed by atoms with van der Waals surface area (Å²) in [5.74, 6) is 0.00816. The first-order valence-corrected chi connectivity index (χ1v) is 7.67. The summed E-state index contributed by atoms with van der Waals surface area (Å²) < 4.78 is 10.8. The molecule has 0 rings (SSSR count). The topological polar surface area (TPSA) is 101 Å². The van der Waals surface area contributed by atoms with Gasteiger partial charge in [-0.1, -0.05) is 13.8 Å². The number of carbonyl (C=O) groups is 2. The number of hydrogen-bond acceptors (Lipinski definition) is 4. The summed E-state index contributed by atoms with van der Waals surface area (Å²) in [6, 6.07) is -0.597. The Kier molecular flexibility index (Phi) is 8.57. The average molecular weight is 277 g/mol. The van der Waals surface area contributed by atoms with Crippen LogP contribution in [-0.2, 0) is 20.4 Å². The van der Waals surface area contributed by atoms with Crippen LogP contribution in [0.25, 0.3) is 0 Å². The lowest BCUT2D eigenvalue weighted by molar-refractivity contribution is -0.127. The Hall–Kier alpha value is -0.950. The molecule has 2 amide bonds. The van der Waals surface area contributed by atoms with Crippen molar-refractivity contribution in [3.63, 3.8) is 0 Å². The number of nitrogens with two attached hydrogens (primary N) is 1. The van der Waals surface area contributed by atoms with Gasteiger partial charge in [0.1, 0.15) is 0 Å². The number of amides is 2. The molecular formula is C11H23N3O3S. The normalized spacial score (nSPS) is 14.1. The van der Waals surface area contributed by atoms with Crippen LogP contribution in [-0.4, -0.2) is 47.2 Å². The fraction of sp³-hybridized carbons (Fsp3) is 0.818. The molecule has 0 bridgehead atoms. The van der Waals surface area contributed by atoms with Gasteiger partial charge in [-0.3, -0.25) is 13.8 Å². The van der Waals surface area contributed by atoms with Crippen molar-refractivity contribution in [3.8, 4) is 0 Å². The quantitative estimate of drug-likeness (QED) is 0.494. The molecule has 7 heteroatoms. The highest BCUT2D eigenvalue weighted by atomic mass is 32.2. The molecule has 0 aromatic carbocycles. The maximum absolute atomic E-state index is 11.5. The molecule has 0 saturated heterocycles. The van der Waals surface area contributed by atoms with Gasteiger partial charge in [0.2, 0.25) is 11.8 Å². The Morgan fingerprint density at radius 2 is 1.89 bits per heavy atom. The lowest BCUT2D eigenvalue weighted by atomic mass is 10.1. The lowest BCUT2D eigenvalue weighted by Crippen LogP contribution is -2.47. The fourth-order valence-electron chi connectivity index (χ4n) is 1.15. The van der Waals surface area contributed by atoms with Gasteiger partial charge in [-0.05, 0) is 12.3 Å². The molecule has 18 heavy (non-hydrogen) atoms. The van der Waals surface area contributed by atoms with Crippen molar-refractivity contribution in [3.05, 3.63) is 0 Å². The molecule has 0 fully saturated rings. The summed E-state index contributed by atoms with van der Waals surface area (Å²) in [4.78, 5) is 22.8. The predicted molar refractivity (Wildman–Crippen MR) is 72.4 cm³/mol. The fourth-order valence-corrected chi connectivity index (χ4v) is 1.70. The average Bonchev–Trinajstić information content (AvgIpc) is 2.30. The van der Waals surface area contributed by atoms with E-state index in [1.54, 1.807) is 6.26 Å². The van der Waals surface area contributed by atoms with Gasteiger partial charge < -0.3 is 16.4 Å². The highest BCUT2D eigenvalue weighted by molar-refractivity contribution is 7.84. The molecule has 0 saturated carbocycles. The summed E-state index contributed by atoms with van der Waals surface area (Å²) in [7, 11) is -0.840. The van der Waals surface area contributed by atoms with Gasteiger partial charge in [0.05, 0.1) is 12.6 Å². The van der Waals surface area contributed by atoms with E-state index in [2.05, 4.69) is 10.6 Å². The molecule has 0 aliphatic rings. The van der Waals surface area contributed by atoms with Crippen molar-refractivity contribution in [1.29, 1.82) is 0 Å². The van der Waals surface area contributed by atoms with Crippen LogP contribution in [0.2, 0.25) is 0 Å². The first kappa shape index (κ1) is 17.1. The summed E-state index contributed by atoms with van der Waals surface area (Å²) in [5, 5.41) is 5.11. The lowest BCUT2D eigenvalue weighted by Gasteiger charge is -2.15. The van der Waals surface area contributed by atoms with E-state index < -0.39 is 16.8 Å². The van der Waals surface area contributed by atoms with Crippen LogP contribution < -0.4 is 16.4 Å². The molecule has 1 unspecified atom stereocenters. The van der Waals surface area contributed by atoms with E-state index in [0.717, 1.165) is 0 Å². The third-order valence-electron chi connectivity index (χ3n) is 2.37. The molecule has 0 aliphatic heterocycles. The zero-order valence-corrected chi connectivity index (χ0v) is 12.0. The van der Waals surface area contributed by atoms with Gasteiger partial charge in [0, 0.05) is 29.4 Å². The van der Waals surface area contributed by atoms with Crippen molar-refractivity contribution in [2.75, 3.05) is 25.1 Å². The summed E-state index contributed by atoms with van der Waals surface area (Å²) in [6.07, 6.45) is 2.28. The number of carbonyl (C=O) groups excluding carboxylic acids is 2. The van der Waals surface area contributed by atoms with Crippen molar-refractivity contribution < 1.29 is 13.8 Å². The van der Waals surface area contributed by atoms with Crippen molar-refractivity contribution >= 4 is 22.6 Å². The molecule has 106 valence electrons. The first-order chi connectivity index (χ1) is 8.34. The van der Waals surface area contributed by atoms with Gasteiger partial charge in [0.25, 0.3) is 0 Å². The van der Waals surface area contributed by atoms with Crippen LogP contribution in [0.1, 0.15) is 20.3 Å². The van der Waals surface area contributed by atoms with Crippen LogP contribution in [0.15, 0.2) is 0 Å². The van der Waals surface area contributed by atoms with Gasteiger partial charge in [-0.15, -0.1) is 0 Å². The number of rotatable bonds is 8. The standard InChI is InChI=1S/C11H23N3O3S/c1-8(2)10(12)11(16)14-7-9(15)13-5-4-6-18(3)17/h8,10H,4-7,12H2,1-3H3,(H,13,15)(H,14,16)/t10-,18?/m0/s1. The molecule has 0 spiro atoms. The minimum atomic E-state index is -0.840. The van der Waals surface area contributed by atoms with Gasteiger partial charge in [0.15, 0.2) is 0 Å². The third kappa shape index (κ3) is 8.19. The molecule has 6 nitrogen and oxygen atoms in total. The molecule has 0 aromatic heterocycles. The monoisotopic (exact) mass is 277 g/mol. The van der Waals surface area contributed by atoms with E-state index in [4.69, 9.17) is 5.73 Å².